The molecule has 3 aliphatic rings. The van der Waals surface area contributed by atoms with E-state index in [4.69, 9.17) is 0 Å². The largest absolute Gasteiger partial charge is 0.368 e. The molecule has 4 nitrogen and oxygen atoms in total. The van der Waals surface area contributed by atoms with E-state index in [-0.39, 0.29) is 30.7 Å². The fourth-order valence-electron chi connectivity index (χ4n) is 3.73. The molecule has 0 aromatic heterocycles. The van der Waals surface area contributed by atoms with E-state index < -0.39 is 0 Å². The minimum absolute atomic E-state index is 0. The average Bonchev–Trinajstić information content (AvgIpc) is 3.21. The molecular weight excluding hydrogens is 345 g/mol. The van der Waals surface area contributed by atoms with E-state index in [0.29, 0.717) is 12.5 Å². The molecule has 2 heterocycles. The van der Waals surface area contributed by atoms with E-state index in [2.05, 4.69) is 28.4 Å². The summed E-state index contributed by atoms with van der Waals surface area (Å²) in [7, 11) is 0. The predicted molar refractivity (Wildman–Crippen MR) is 104 cm³/mol. The topological polar surface area (TPSA) is 35.6 Å². The number of carbonyl (C=O) groups excluding carboxylic acids is 1. The molecule has 1 aliphatic carbocycles. The van der Waals surface area contributed by atoms with Crippen LogP contribution in [0.4, 0.5) is 11.4 Å². The SMILES string of the molecule is Cl.Cl.O=C(CC1CCCN1)N1CCN(CC2CC2)c2ccccc21. The number of hydrogen-bond acceptors (Lipinski definition) is 3. The van der Waals surface area contributed by atoms with Gasteiger partial charge in [-0.1, -0.05) is 12.1 Å². The van der Waals surface area contributed by atoms with Crippen molar-refractivity contribution >= 4 is 42.1 Å². The number of nitrogens with zero attached hydrogens (tertiary/aromatic N) is 2. The summed E-state index contributed by atoms with van der Waals surface area (Å²) >= 11 is 0. The van der Waals surface area contributed by atoms with Crippen LogP contribution in [0.2, 0.25) is 0 Å². The van der Waals surface area contributed by atoms with Crippen molar-refractivity contribution in [3.8, 4) is 0 Å². The summed E-state index contributed by atoms with van der Waals surface area (Å²) in [6.45, 7) is 4.01. The highest BCUT2D eigenvalue weighted by molar-refractivity contribution is 5.98. The third-order valence-corrected chi connectivity index (χ3v) is 5.17. The minimum atomic E-state index is 0. The van der Waals surface area contributed by atoms with Gasteiger partial charge in [0.1, 0.15) is 0 Å². The van der Waals surface area contributed by atoms with E-state index >= 15 is 0 Å². The molecule has 24 heavy (non-hydrogen) atoms. The highest BCUT2D eigenvalue weighted by Crippen LogP contribution is 2.37. The van der Waals surface area contributed by atoms with Crippen LogP contribution in [0.5, 0.6) is 0 Å². The van der Waals surface area contributed by atoms with Gasteiger partial charge in [-0.3, -0.25) is 4.79 Å². The number of fused-ring (bicyclic) bond motifs is 1. The summed E-state index contributed by atoms with van der Waals surface area (Å²) in [6, 6.07) is 8.79. The molecule has 0 radical (unpaired) electrons. The Kier molecular flexibility index (Phi) is 6.79. The van der Waals surface area contributed by atoms with Gasteiger partial charge in [0.2, 0.25) is 5.91 Å². The number of hydrogen-bond donors (Lipinski definition) is 1. The van der Waals surface area contributed by atoms with Gasteiger partial charge in [-0.05, 0) is 50.3 Å². The number of benzene rings is 1. The number of rotatable bonds is 4. The lowest BCUT2D eigenvalue weighted by Crippen LogP contribution is -2.46. The van der Waals surface area contributed by atoms with Gasteiger partial charge in [-0.15, -0.1) is 24.8 Å². The van der Waals surface area contributed by atoms with Crippen LogP contribution in [0.3, 0.4) is 0 Å². The van der Waals surface area contributed by atoms with Crippen molar-refractivity contribution in [3.63, 3.8) is 0 Å². The summed E-state index contributed by atoms with van der Waals surface area (Å²) in [4.78, 5) is 17.2. The maximum atomic E-state index is 12.7. The van der Waals surface area contributed by atoms with Crippen LogP contribution >= 0.6 is 24.8 Å². The zero-order valence-corrected chi connectivity index (χ0v) is 15.6. The molecule has 1 unspecified atom stereocenters. The standard InChI is InChI=1S/C18H25N3O.2ClH/c22-18(12-15-4-3-9-19-15)21-11-10-20(13-14-7-8-14)16-5-1-2-6-17(16)21;;/h1-2,5-6,14-15,19H,3-4,7-13H2;2*1H. The first-order valence-corrected chi connectivity index (χ1v) is 8.69. The zero-order valence-electron chi connectivity index (χ0n) is 13.9. The molecule has 1 saturated heterocycles. The van der Waals surface area contributed by atoms with E-state index in [0.717, 1.165) is 44.2 Å². The number of halogens is 2. The molecule has 2 fully saturated rings. The Morgan fingerprint density at radius 1 is 1.08 bits per heavy atom. The Bertz CT molecular complexity index is 559. The number of anilines is 2. The summed E-state index contributed by atoms with van der Waals surface area (Å²) in [5, 5.41) is 3.44. The Labute approximate surface area is 156 Å². The number of nitrogens with one attached hydrogen (secondary N) is 1. The third kappa shape index (κ3) is 4.16. The Balaban J connectivity index is 0.00000104. The normalized spacial score (nSPS) is 22.4. The molecule has 1 aromatic rings. The average molecular weight is 372 g/mol. The van der Waals surface area contributed by atoms with Crippen LogP contribution in [0, 0.1) is 5.92 Å². The van der Waals surface area contributed by atoms with Crippen LogP contribution in [0.1, 0.15) is 32.1 Å². The fraction of sp³-hybridized carbons (Fsp3) is 0.611. The summed E-state index contributed by atoms with van der Waals surface area (Å²) in [6.07, 6.45) is 5.71. The van der Waals surface area contributed by atoms with Gasteiger partial charge in [0.15, 0.2) is 0 Å². The number of carbonyl (C=O) groups is 1. The Hall–Kier alpha value is -0.970. The van der Waals surface area contributed by atoms with E-state index in [9.17, 15) is 4.79 Å². The molecule has 4 rings (SSSR count). The van der Waals surface area contributed by atoms with Gasteiger partial charge in [0, 0.05) is 32.1 Å². The molecule has 1 amide bonds. The maximum Gasteiger partial charge on any atom is 0.228 e. The molecule has 1 N–H and O–H groups in total. The van der Waals surface area contributed by atoms with Crippen LogP contribution in [-0.2, 0) is 4.79 Å². The van der Waals surface area contributed by atoms with Crippen molar-refractivity contribution in [1.82, 2.24) is 5.32 Å². The predicted octanol–water partition coefficient (Wildman–Crippen LogP) is 3.24. The Morgan fingerprint density at radius 3 is 2.50 bits per heavy atom. The number of para-hydroxylation sites is 2. The van der Waals surface area contributed by atoms with Crippen LogP contribution in [0.15, 0.2) is 24.3 Å². The van der Waals surface area contributed by atoms with Crippen molar-refractivity contribution < 1.29 is 4.79 Å². The fourth-order valence-corrected chi connectivity index (χ4v) is 3.73. The highest BCUT2D eigenvalue weighted by atomic mass is 35.5. The lowest BCUT2D eigenvalue weighted by molar-refractivity contribution is -0.119. The summed E-state index contributed by atoms with van der Waals surface area (Å²) in [5.41, 5.74) is 2.35. The second-order valence-electron chi connectivity index (χ2n) is 6.92. The summed E-state index contributed by atoms with van der Waals surface area (Å²) in [5.74, 6) is 1.15. The maximum absolute atomic E-state index is 12.7. The van der Waals surface area contributed by atoms with Gasteiger partial charge in [0.25, 0.3) is 0 Å². The van der Waals surface area contributed by atoms with Crippen LogP contribution in [0.25, 0.3) is 0 Å². The Morgan fingerprint density at radius 2 is 1.83 bits per heavy atom. The molecule has 134 valence electrons. The molecular formula is C18H27Cl2N3O. The van der Waals surface area contributed by atoms with Crippen molar-refractivity contribution in [2.75, 3.05) is 36.0 Å². The smallest absolute Gasteiger partial charge is 0.228 e. The minimum Gasteiger partial charge on any atom is -0.368 e. The van der Waals surface area contributed by atoms with Gasteiger partial charge >= 0.3 is 0 Å². The molecule has 6 heteroatoms. The third-order valence-electron chi connectivity index (χ3n) is 5.17. The van der Waals surface area contributed by atoms with Gasteiger partial charge < -0.3 is 15.1 Å². The second-order valence-corrected chi connectivity index (χ2v) is 6.92. The van der Waals surface area contributed by atoms with E-state index in [1.807, 2.05) is 11.0 Å². The number of amides is 1. The molecule has 0 bridgehead atoms. The first kappa shape index (κ1) is 19.4. The lowest BCUT2D eigenvalue weighted by Gasteiger charge is -2.38. The van der Waals surface area contributed by atoms with Gasteiger partial charge in [-0.2, -0.15) is 0 Å². The van der Waals surface area contributed by atoms with Crippen LogP contribution in [-0.4, -0.2) is 38.1 Å². The second kappa shape index (κ2) is 8.41. The lowest BCUT2D eigenvalue weighted by atomic mass is 10.1. The first-order valence-electron chi connectivity index (χ1n) is 8.69. The van der Waals surface area contributed by atoms with Crippen molar-refractivity contribution in [3.05, 3.63) is 24.3 Å². The highest BCUT2D eigenvalue weighted by Gasteiger charge is 2.31. The molecule has 0 spiro atoms. The van der Waals surface area contributed by atoms with Crippen molar-refractivity contribution in [2.45, 2.75) is 38.1 Å². The summed E-state index contributed by atoms with van der Waals surface area (Å²) < 4.78 is 0. The van der Waals surface area contributed by atoms with Crippen LogP contribution < -0.4 is 15.1 Å². The monoisotopic (exact) mass is 371 g/mol. The molecule has 1 saturated carbocycles. The molecule has 2 aliphatic heterocycles. The van der Waals surface area contributed by atoms with E-state index in [1.54, 1.807) is 0 Å². The van der Waals surface area contributed by atoms with Crippen molar-refractivity contribution in [2.24, 2.45) is 5.92 Å². The first-order chi connectivity index (χ1) is 10.8. The van der Waals surface area contributed by atoms with Crippen molar-refractivity contribution in [1.29, 1.82) is 0 Å². The quantitative estimate of drug-likeness (QED) is 0.882. The van der Waals surface area contributed by atoms with Gasteiger partial charge in [0.05, 0.1) is 11.4 Å². The zero-order chi connectivity index (χ0) is 14.9. The van der Waals surface area contributed by atoms with Gasteiger partial charge in [-0.25, -0.2) is 0 Å². The molecule has 1 atom stereocenters. The molecule has 1 aromatic carbocycles. The van der Waals surface area contributed by atoms with E-state index in [1.165, 1.54) is 24.9 Å².